The van der Waals surface area contributed by atoms with E-state index < -0.39 is 5.97 Å². The number of benzene rings is 1. The second-order valence-corrected chi connectivity index (χ2v) is 4.11. The Balaban J connectivity index is 2.24. The van der Waals surface area contributed by atoms with Crippen LogP contribution in [0, 0.1) is 18.3 Å². The van der Waals surface area contributed by atoms with Gasteiger partial charge in [-0.3, -0.25) is 4.79 Å². The molecule has 0 aliphatic rings. The zero-order valence-electron chi connectivity index (χ0n) is 10.7. The third-order valence-corrected chi connectivity index (χ3v) is 2.41. The number of nitrogens with zero attached hydrogens (tertiary/aromatic N) is 3. The van der Waals surface area contributed by atoms with E-state index in [0.717, 1.165) is 0 Å². The van der Waals surface area contributed by atoms with Crippen LogP contribution in [-0.4, -0.2) is 21.0 Å². The Kier molecular flexibility index (Phi) is 3.91. The zero-order chi connectivity index (χ0) is 14.5. The van der Waals surface area contributed by atoms with Crippen LogP contribution in [-0.2, 0) is 11.2 Å². The van der Waals surface area contributed by atoms with Gasteiger partial charge in [-0.25, -0.2) is 4.98 Å². The van der Waals surface area contributed by atoms with E-state index in [9.17, 15) is 4.79 Å². The molecule has 1 aromatic heterocycles. The number of nitriles is 1. The average Bonchev–Trinajstić information content (AvgIpc) is 2.37. The van der Waals surface area contributed by atoms with Crippen LogP contribution < -0.4 is 4.74 Å². The van der Waals surface area contributed by atoms with Gasteiger partial charge in [0, 0.05) is 5.69 Å². The molecule has 1 heterocycles. The summed E-state index contributed by atoms with van der Waals surface area (Å²) < 4.78 is 5.46. The molecule has 0 spiro atoms. The Morgan fingerprint density at radius 1 is 1.40 bits per heavy atom. The third-order valence-electron chi connectivity index (χ3n) is 2.41. The van der Waals surface area contributed by atoms with Crippen molar-refractivity contribution in [3.8, 4) is 17.8 Å². The molecule has 0 aliphatic heterocycles. The van der Waals surface area contributed by atoms with Gasteiger partial charge < -0.3 is 9.84 Å². The molecule has 2 rings (SSSR count). The quantitative estimate of drug-likeness (QED) is 0.912. The normalized spacial score (nSPS) is 9.80. The van der Waals surface area contributed by atoms with E-state index >= 15 is 0 Å². The highest BCUT2D eigenvalue weighted by atomic mass is 16.5. The lowest BCUT2D eigenvalue weighted by atomic mass is 10.1. The molecule has 1 aromatic carbocycles. The first-order chi connectivity index (χ1) is 9.56. The monoisotopic (exact) mass is 269 g/mol. The predicted molar refractivity (Wildman–Crippen MR) is 69.3 cm³/mol. The first kappa shape index (κ1) is 13.5. The fraction of sp³-hybridized carbons (Fsp3) is 0.143. The van der Waals surface area contributed by atoms with Crippen molar-refractivity contribution in [2.24, 2.45) is 0 Å². The number of hydrogen-bond donors (Lipinski definition) is 1. The van der Waals surface area contributed by atoms with Crippen molar-refractivity contribution in [2.45, 2.75) is 13.3 Å². The van der Waals surface area contributed by atoms with Crippen molar-refractivity contribution < 1.29 is 14.6 Å². The van der Waals surface area contributed by atoms with E-state index in [4.69, 9.17) is 15.1 Å². The van der Waals surface area contributed by atoms with Crippen LogP contribution in [0.15, 0.2) is 30.3 Å². The molecule has 6 nitrogen and oxygen atoms in total. The lowest BCUT2D eigenvalue weighted by molar-refractivity contribution is -0.136. The molecule has 0 fully saturated rings. The minimum Gasteiger partial charge on any atom is -0.481 e. The van der Waals surface area contributed by atoms with Gasteiger partial charge in [0.05, 0.1) is 6.42 Å². The average molecular weight is 269 g/mol. The van der Waals surface area contributed by atoms with Crippen molar-refractivity contribution in [1.82, 2.24) is 9.97 Å². The van der Waals surface area contributed by atoms with Crippen LogP contribution in [0.4, 0.5) is 0 Å². The van der Waals surface area contributed by atoms with Crippen LogP contribution >= 0.6 is 0 Å². The fourth-order valence-electron chi connectivity index (χ4n) is 1.64. The summed E-state index contributed by atoms with van der Waals surface area (Å²) in [6, 6.07) is 10.2. The number of carbonyl (C=O) groups is 1. The molecular formula is C14H11N3O3. The molecule has 6 heteroatoms. The summed E-state index contributed by atoms with van der Waals surface area (Å²) in [5.41, 5.74) is 1.45. The Morgan fingerprint density at radius 3 is 2.90 bits per heavy atom. The first-order valence-corrected chi connectivity index (χ1v) is 5.81. The van der Waals surface area contributed by atoms with Crippen LogP contribution in [0.25, 0.3) is 0 Å². The highest BCUT2D eigenvalue weighted by Crippen LogP contribution is 2.20. The van der Waals surface area contributed by atoms with Gasteiger partial charge in [-0.2, -0.15) is 10.2 Å². The summed E-state index contributed by atoms with van der Waals surface area (Å²) >= 11 is 0. The lowest BCUT2D eigenvalue weighted by Crippen LogP contribution is -2.00. The van der Waals surface area contributed by atoms with Gasteiger partial charge >= 0.3 is 12.0 Å². The van der Waals surface area contributed by atoms with E-state index in [1.807, 2.05) is 6.07 Å². The Hall–Kier alpha value is -2.94. The molecule has 100 valence electrons. The number of carboxylic acid groups (broad SMARTS) is 1. The first-order valence-electron chi connectivity index (χ1n) is 5.81. The van der Waals surface area contributed by atoms with E-state index in [1.54, 1.807) is 37.3 Å². The van der Waals surface area contributed by atoms with E-state index in [2.05, 4.69) is 9.97 Å². The Labute approximate surface area is 115 Å². The predicted octanol–water partition coefficient (Wildman–Crippen LogP) is 2.08. The highest BCUT2D eigenvalue weighted by molar-refractivity contribution is 5.70. The number of aryl methyl sites for hydroxylation is 1. The van der Waals surface area contributed by atoms with Crippen LogP contribution in [0.1, 0.15) is 17.0 Å². The number of ether oxygens (including phenoxy) is 1. The zero-order valence-corrected chi connectivity index (χ0v) is 10.7. The minimum absolute atomic E-state index is 0.0639. The second-order valence-electron chi connectivity index (χ2n) is 4.11. The van der Waals surface area contributed by atoms with Crippen molar-refractivity contribution in [2.75, 3.05) is 0 Å². The van der Waals surface area contributed by atoms with Gasteiger partial charge in [-0.05, 0) is 30.7 Å². The minimum atomic E-state index is -0.916. The summed E-state index contributed by atoms with van der Waals surface area (Å²) in [5, 5.41) is 17.6. The largest absolute Gasteiger partial charge is 0.481 e. The molecule has 0 unspecified atom stereocenters. The van der Waals surface area contributed by atoms with Gasteiger partial charge in [0.1, 0.15) is 17.5 Å². The van der Waals surface area contributed by atoms with Gasteiger partial charge in [0.15, 0.2) is 0 Å². The highest BCUT2D eigenvalue weighted by Gasteiger charge is 2.06. The Bertz CT molecular complexity index is 692. The number of hydrogen-bond acceptors (Lipinski definition) is 5. The third kappa shape index (κ3) is 3.53. The van der Waals surface area contributed by atoms with Gasteiger partial charge in [0.2, 0.25) is 0 Å². The maximum atomic E-state index is 10.7. The number of carboxylic acids is 1. The maximum absolute atomic E-state index is 10.7. The standard InChI is InChI=1S/C14H11N3O3/c1-9-5-11(8-15)17-14(16-9)20-12-4-2-3-10(6-12)7-13(18)19/h2-6H,7H2,1H3,(H,18,19). The van der Waals surface area contributed by atoms with Crippen LogP contribution in [0.2, 0.25) is 0 Å². The summed E-state index contributed by atoms with van der Waals surface area (Å²) in [4.78, 5) is 18.7. The molecule has 0 radical (unpaired) electrons. The van der Waals surface area contributed by atoms with E-state index in [1.165, 1.54) is 0 Å². The molecule has 2 aromatic rings. The Morgan fingerprint density at radius 2 is 2.20 bits per heavy atom. The molecule has 20 heavy (non-hydrogen) atoms. The molecule has 0 bridgehead atoms. The molecule has 0 saturated carbocycles. The second kappa shape index (κ2) is 5.80. The van der Waals surface area contributed by atoms with Crippen LogP contribution in [0.3, 0.4) is 0 Å². The number of aromatic nitrogens is 2. The number of rotatable bonds is 4. The number of aliphatic carboxylic acids is 1. The van der Waals surface area contributed by atoms with E-state index in [-0.39, 0.29) is 18.1 Å². The molecule has 1 N–H and O–H groups in total. The fourth-order valence-corrected chi connectivity index (χ4v) is 1.64. The summed E-state index contributed by atoms with van der Waals surface area (Å²) in [6.45, 7) is 1.73. The summed E-state index contributed by atoms with van der Waals surface area (Å²) in [6.07, 6.45) is -0.0880. The topological polar surface area (TPSA) is 96.1 Å². The van der Waals surface area contributed by atoms with E-state index in [0.29, 0.717) is 17.0 Å². The van der Waals surface area contributed by atoms with Crippen LogP contribution in [0.5, 0.6) is 11.8 Å². The summed E-state index contributed by atoms with van der Waals surface area (Å²) in [5.74, 6) is -0.487. The van der Waals surface area contributed by atoms with Crippen molar-refractivity contribution >= 4 is 5.97 Å². The molecular weight excluding hydrogens is 258 g/mol. The molecule has 0 saturated heterocycles. The van der Waals surface area contributed by atoms with Crippen molar-refractivity contribution in [3.63, 3.8) is 0 Å². The van der Waals surface area contributed by atoms with Gasteiger partial charge in [-0.15, -0.1) is 0 Å². The molecule has 0 aliphatic carbocycles. The van der Waals surface area contributed by atoms with Crippen molar-refractivity contribution in [3.05, 3.63) is 47.3 Å². The SMILES string of the molecule is Cc1cc(C#N)nc(Oc2cccc(CC(=O)O)c2)n1. The summed E-state index contributed by atoms with van der Waals surface area (Å²) in [7, 11) is 0. The molecule has 0 atom stereocenters. The smallest absolute Gasteiger partial charge is 0.323 e. The van der Waals surface area contributed by atoms with Gasteiger partial charge in [0.25, 0.3) is 0 Å². The van der Waals surface area contributed by atoms with Crippen molar-refractivity contribution in [1.29, 1.82) is 5.26 Å². The van der Waals surface area contributed by atoms with Gasteiger partial charge in [-0.1, -0.05) is 12.1 Å². The lowest BCUT2D eigenvalue weighted by Gasteiger charge is -2.06. The molecule has 0 amide bonds. The maximum Gasteiger partial charge on any atom is 0.323 e.